The first kappa shape index (κ1) is 32.5. The molecule has 1 aromatic heterocycles. The summed E-state index contributed by atoms with van der Waals surface area (Å²) < 4.78 is 2.91. The van der Waals surface area contributed by atoms with Crippen LogP contribution >= 0.6 is 51.3 Å². The molecule has 4 rings (SSSR count). The largest absolute Gasteiger partial charge is 0.351 e. The molecule has 0 unspecified atom stereocenters. The minimum Gasteiger partial charge on any atom is -0.351 e. The number of nitrogens with zero attached hydrogens (tertiary/aromatic N) is 4. The number of rotatable bonds is 11. The molecule has 11 heteroatoms. The molecule has 3 aromatic carbocycles. The van der Waals surface area contributed by atoms with E-state index in [4.69, 9.17) is 40.7 Å². The second-order valence-corrected chi connectivity index (χ2v) is 12.5. The predicted octanol–water partition coefficient (Wildman–Crippen LogP) is 7.45. The van der Waals surface area contributed by atoms with Gasteiger partial charge >= 0.3 is 0 Å². The van der Waals surface area contributed by atoms with Crippen LogP contribution in [-0.4, -0.2) is 38.1 Å². The molecule has 0 aliphatic carbocycles. The van der Waals surface area contributed by atoms with Gasteiger partial charge in [-0.05, 0) is 71.7 Å². The minimum absolute atomic E-state index is 0.111. The molecule has 0 radical (unpaired) electrons. The van der Waals surface area contributed by atoms with Crippen LogP contribution in [0.1, 0.15) is 36.2 Å². The van der Waals surface area contributed by atoms with Gasteiger partial charge < -0.3 is 20.1 Å². The summed E-state index contributed by atoms with van der Waals surface area (Å²) in [5, 5.41) is 17.0. The third-order valence-corrected chi connectivity index (χ3v) is 8.67. The van der Waals surface area contributed by atoms with E-state index >= 15 is 0 Å². The average Bonchev–Trinajstić information content (AvgIpc) is 3.41. The van der Waals surface area contributed by atoms with Crippen molar-refractivity contribution in [1.82, 2.24) is 19.8 Å². The van der Waals surface area contributed by atoms with E-state index in [-0.39, 0.29) is 24.3 Å². The van der Waals surface area contributed by atoms with E-state index in [9.17, 15) is 4.79 Å². The Bertz CT molecular complexity index is 1600. The van der Waals surface area contributed by atoms with E-state index in [1.807, 2.05) is 58.0 Å². The van der Waals surface area contributed by atoms with Gasteiger partial charge in [-0.25, -0.2) is 4.98 Å². The van der Waals surface area contributed by atoms with Gasteiger partial charge in [0, 0.05) is 47.7 Å². The number of carbonyl (C=O) groups is 1. The first-order chi connectivity index (χ1) is 20.6. The highest BCUT2D eigenvalue weighted by atomic mass is 79.9. The normalized spacial score (nSPS) is 11.6. The molecule has 0 saturated heterocycles. The van der Waals surface area contributed by atoms with Crippen molar-refractivity contribution < 1.29 is 4.79 Å². The number of anilines is 1. The van der Waals surface area contributed by atoms with Crippen molar-refractivity contribution in [2.45, 2.75) is 39.4 Å². The maximum atomic E-state index is 13.3. The van der Waals surface area contributed by atoms with E-state index in [1.165, 1.54) is 0 Å². The zero-order chi connectivity index (χ0) is 30.9. The molecule has 1 amide bonds. The van der Waals surface area contributed by atoms with E-state index in [2.05, 4.69) is 51.5 Å². The van der Waals surface area contributed by atoms with Crippen molar-refractivity contribution in [3.05, 3.63) is 116 Å². The number of hydrogen-bond acceptors (Lipinski definition) is 4. The number of benzene rings is 3. The summed E-state index contributed by atoms with van der Waals surface area (Å²) in [6.45, 7) is 5.52. The number of carbonyl (C=O) groups excluding carboxylic acids is 1. The molecule has 0 spiro atoms. The fraction of sp³-hybridized carbons (Fsp3) is 0.250. The summed E-state index contributed by atoms with van der Waals surface area (Å²) in [6.07, 6.45) is 3.59. The fourth-order valence-corrected chi connectivity index (χ4v) is 5.33. The van der Waals surface area contributed by atoms with Crippen molar-refractivity contribution >= 4 is 68.1 Å². The van der Waals surface area contributed by atoms with Gasteiger partial charge in [-0.15, -0.1) is 0 Å². The van der Waals surface area contributed by atoms with Gasteiger partial charge in [0.2, 0.25) is 5.91 Å². The fourth-order valence-electron chi connectivity index (χ4n) is 4.43. The summed E-state index contributed by atoms with van der Waals surface area (Å²) in [4.78, 5) is 19.6. The number of nitrogens with one attached hydrogen (secondary N) is 2. The van der Waals surface area contributed by atoms with Gasteiger partial charge in [0.1, 0.15) is 0 Å². The molecular formula is C32H31BrCl2N6OS. The summed E-state index contributed by atoms with van der Waals surface area (Å²) in [7, 11) is 0. The number of halogens is 3. The van der Waals surface area contributed by atoms with Crippen molar-refractivity contribution in [3.8, 4) is 6.07 Å². The number of aromatic nitrogens is 2. The Morgan fingerprint density at radius 1 is 1.12 bits per heavy atom. The predicted molar refractivity (Wildman–Crippen MR) is 180 cm³/mol. The number of imidazole rings is 1. The molecule has 4 aromatic rings. The molecule has 0 saturated carbocycles. The van der Waals surface area contributed by atoms with Crippen LogP contribution in [0.25, 0.3) is 0 Å². The lowest BCUT2D eigenvalue weighted by Gasteiger charge is -2.32. The second kappa shape index (κ2) is 15.3. The van der Waals surface area contributed by atoms with Crippen LogP contribution in [0.5, 0.6) is 0 Å². The number of amides is 1. The third kappa shape index (κ3) is 9.28. The molecule has 7 nitrogen and oxygen atoms in total. The van der Waals surface area contributed by atoms with Gasteiger partial charge in [0.05, 0.1) is 34.4 Å². The maximum Gasteiger partial charge on any atom is 0.226 e. The standard InChI is InChI=1S/C32H31BrCl2N6OS/c1-21(2)29(39-30(42)14-27-16-37-20-41(27)17-23-8-6-22(15-36)7-9-23)19-40(18-24-4-3-5-28(34)31(24)35)32(43)38-26-12-10-25(33)11-13-26/h3-13,16,20-21,29H,14,17-19H2,1-2H3,(H,38,43)(H,39,42)/t29-/m1/s1. The van der Waals surface area contributed by atoms with Crippen LogP contribution < -0.4 is 10.6 Å². The average molecular weight is 699 g/mol. The molecule has 1 heterocycles. The zero-order valence-corrected chi connectivity index (χ0v) is 27.6. The molecule has 0 bridgehead atoms. The molecule has 43 heavy (non-hydrogen) atoms. The van der Waals surface area contributed by atoms with Gasteiger partial charge in [0.15, 0.2) is 5.11 Å². The number of nitriles is 1. The number of thiocarbonyl (C=S) groups is 1. The SMILES string of the molecule is CC(C)[C@@H](CN(Cc1cccc(Cl)c1Cl)C(=S)Nc1ccc(Br)cc1)NC(=O)Cc1cncn1Cc1ccc(C#N)cc1. The molecule has 0 fully saturated rings. The first-order valence-corrected chi connectivity index (χ1v) is 15.6. The highest BCUT2D eigenvalue weighted by Crippen LogP contribution is 2.27. The Labute approximate surface area is 276 Å². The molecule has 1 atom stereocenters. The quantitative estimate of drug-likeness (QED) is 0.158. The van der Waals surface area contributed by atoms with Gasteiger partial charge in [-0.3, -0.25) is 4.79 Å². The monoisotopic (exact) mass is 696 g/mol. The van der Waals surface area contributed by atoms with Crippen molar-refractivity contribution in [2.24, 2.45) is 5.92 Å². The van der Waals surface area contributed by atoms with Crippen molar-refractivity contribution in [3.63, 3.8) is 0 Å². The van der Waals surface area contributed by atoms with Crippen LogP contribution in [0, 0.1) is 17.2 Å². The molecule has 0 aliphatic rings. The summed E-state index contributed by atoms with van der Waals surface area (Å²) in [6, 6.07) is 22.6. The van der Waals surface area contributed by atoms with Crippen LogP contribution in [0.2, 0.25) is 10.0 Å². The minimum atomic E-state index is -0.218. The van der Waals surface area contributed by atoms with Gasteiger partial charge in [-0.2, -0.15) is 5.26 Å². The summed E-state index contributed by atoms with van der Waals surface area (Å²) >= 11 is 22.2. The van der Waals surface area contributed by atoms with Crippen molar-refractivity contribution in [2.75, 3.05) is 11.9 Å². The van der Waals surface area contributed by atoms with E-state index in [1.54, 1.807) is 30.7 Å². The van der Waals surface area contributed by atoms with Crippen LogP contribution in [0.3, 0.4) is 0 Å². The summed E-state index contributed by atoms with van der Waals surface area (Å²) in [5.41, 5.74) is 4.08. The van der Waals surface area contributed by atoms with Crippen molar-refractivity contribution in [1.29, 1.82) is 5.26 Å². The second-order valence-electron chi connectivity index (χ2n) is 10.4. The highest BCUT2D eigenvalue weighted by molar-refractivity contribution is 9.10. The van der Waals surface area contributed by atoms with E-state index in [0.29, 0.717) is 40.4 Å². The van der Waals surface area contributed by atoms with Gasteiger partial charge in [-0.1, -0.05) is 77.2 Å². The van der Waals surface area contributed by atoms with Crippen LogP contribution in [0.4, 0.5) is 5.69 Å². The molecular weight excluding hydrogens is 667 g/mol. The molecule has 0 aliphatic heterocycles. The topological polar surface area (TPSA) is 86.0 Å². The lowest BCUT2D eigenvalue weighted by atomic mass is 10.0. The lowest BCUT2D eigenvalue weighted by molar-refractivity contribution is -0.121. The first-order valence-electron chi connectivity index (χ1n) is 13.6. The Morgan fingerprint density at radius 2 is 1.84 bits per heavy atom. The highest BCUT2D eigenvalue weighted by Gasteiger charge is 2.23. The van der Waals surface area contributed by atoms with Crippen LogP contribution in [-0.2, 0) is 24.3 Å². The lowest BCUT2D eigenvalue weighted by Crippen LogP contribution is -2.49. The maximum absolute atomic E-state index is 13.3. The van der Waals surface area contributed by atoms with E-state index < -0.39 is 0 Å². The number of hydrogen-bond donors (Lipinski definition) is 2. The molecule has 222 valence electrons. The smallest absolute Gasteiger partial charge is 0.226 e. The van der Waals surface area contributed by atoms with E-state index in [0.717, 1.165) is 27.0 Å². The Hall–Kier alpha value is -3.42. The Morgan fingerprint density at radius 3 is 2.51 bits per heavy atom. The molecule has 2 N–H and O–H groups in total. The third-order valence-electron chi connectivity index (χ3n) is 6.92. The summed E-state index contributed by atoms with van der Waals surface area (Å²) in [5.74, 6) is -0.00636. The van der Waals surface area contributed by atoms with Crippen LogP contribution in [0.15, 0.2) is 83.7 Å². The Kier molecular flexibility index (Phi) is 11.6. The Balaban J connectivity index is 1.48. The zero-order valence-electron chi connectivity index (χ0n) is 23.7. The van der Waals surface area contributed by atoms with Gasteiger partial charge in [0.25, 0.3) is 0 Å².